The van der Waals surface area contributed by atoms with Crippen LogP contribution in [0.3, 0.4) is 0 Å². The number of rotatable bonds is 13. The van der Waals surface area contributed by atoms with Crippen molar-refractivity contribution in [2.75, 3.05) is 32.9 Å². The number of likely N-dealkylation sites (tertiary alicyclic amines) is 1. The summed E-state index contributed by atoms with van der Waals surface area (Å²) in [5, 5.41) is 10.5. The van der Waals surface area contributed by atoms with Gasteiger partial charge in [-0.1, -0.05) is 55.4 Å². The van der Waals surface area contributed by atoms with E-state index < -0.39 is 81.6 Å². The van der Waals surface area contributed by atoms with E-state index >= 15 is 0 Å². The van der Waals surface area contributed by atoms with E-state index in [-0.39, 0.29) is 32.0 Å². The van der Waals surface area contributed by atoms with Gasteiger partial charge in [0.1, 0.15) is 18.1 Å². The highest BCUT2D eigenvalue weighted by molar-refractivity contribution is 7.88. The summed E-state index contributed by atoms with van der Waals surface area (Å²) in [6, 6.07) is -4.85. The van der Waals surface area contributed by atoms with E-state index in [1.165, 1.54) is 11.9 Å². The van der Waals surface area contributed by atoms with Crippen LogP contribution in [0.4, 0.5) is 13.6 Å². The molecule has 250 valence electrons. The summed E-state index contributed by atoms with van der Waals surface area (Å²) in [5.41, 5.74) is -1.33. The van der Waals surface area contributed by atoms with Gasteiger partial charge in [0, 0.05) is 39.1 Å². The lowest BCUT2D eigenvalue weighted by atomic mass is 9.85. The van der Waals surface area contributed by atoms with Gasteiger partial charge in [0.15, 0.2) is 0 Å². The molecule has 0 aromatic carbocycles. The molecule has 1 aliphatic heterocycles. The van der Waals surface area contributed by atoms with Crippen molar-refractivity contribution in [3.8, 4) is 0 Å². The lowest BCUT2D eigenvalue weighted by Gasteiger charge is -2.37. The van der Waals surface area contributed by atoms with Gasteiger partial charge in [-0.2, -0.15) is 0 Å². The molecule has 1 saturated heterocycles. The third-order valence-electron chi connectivity index (χ3n) is 7.31. The van der Waals surface area contributed by atoms with Gasteiger partial charge < -0.3 is 26.2 Å². The third kappa shape index (κ3) is 12.5. The molecule has 1 rings (SSSR count). The number of halogens is 2. The van der Waals surface area contributed by atoms with Crippen LogP contribution in [0.25, 0.3) is 0 Å². The van der Waals surface area contributed by atoms with Gasteiger partial charge in [-0.25, -0.2) is 26.3 Å². The van der Waals surface area contributed by atoms with Crippen LogP contribution in [0.2, 0.25) is 0 Å². The first kappa shape index (κ1) is 38.5. The Labute approximate surface area is 255 Å². The van der Waals surface area contributed by atoms with Crippen molar-refractivity contribution in [1.29, 1.82) is 0 Å². The second-order valence-electron chi connectivity index (χ2n) is 13.9. The van der Waals surface area contributed by atoms with Crippen molar-refractivity contribution in [2.24, 2.45) is 16.7 Å². The maximum absolute atomic E-state index is 13.8. The van der Waals surface area contributed by atoms with E-state index in [2.05, 4.69) is 21.3 Å². The Morgan fingerprint density at radius 3 is 2.02 bits per heavy atom. The van der Waals surface area contributed by atoms with Crippen molar-refractivity contribution in [3.63, 3.8) is 0 Å². The summed E-state index contributed by atoms with van der Waals surface area (Å²) >= 11 is 0. The maximum Gasteiger partial charge on any atom is 0.315 e. The van der Waals surface area contributed by atoms with Crippen LogP contribution in [-0.4, -0.2) is 105 Å². The van der Waals surface area contributed by atoms with Crippen molar-refractivity contribution in [2.45, 2.75) is 105 Å². The molecule has 4 N–H and O–H groups in total. The molecule has 0 saturated carbocycles. The number of alkyl halides is 2. The molecule has 15 heteroatoms. The van der Waals surface area contributed by atoms with Crippen LogP contribution < -0.4 is 21.3 Å². The first-order chi connectivity index (χ1) is 19.4. The third-order valence-corrected chi connectivity index (χ3v) is 8.60. The zero-order valence-corrected chi connectivity index (χ0v) is 28.0. The first-order valence-electron chi connectivity index (χ1n) is 14.6. The van der Waals surface area contributed by atoms with E-state index in [1.807, 2.05) is 34.6 Å². The number of carbonyl (C=O) groups excluding carboxylic acids is 4. The Morgan fingerprint density at radius 2 is 1.56 bits per heavy atom. The van der Waals surface area contributed by atoms with Gasteiger partial charge in [-0.15, -0.1) is 0 Å². The minimum atomic E-state index is -3.51. The van der Waals surface area contributed by atoms with Gasteiger partial charge in [0.25, 0.3) is 0 Å². The Hall–Kier alpha value is -2.55. The summed E-state index contributed by atoms with van der Waals surface area (Å²) in [5.74, 6) is -1.90. The van der Waals surface area contributed by atoms with Crippen LogP contribution in [0.1, 0.15) is 74.7 Å². The SMILES string of the molecule is CC(C)CNC(=O)[C@H](CC(F)F)NC(=O)[C@@H]1CCCN1C(=O)[C@@H](NC(=O)N[C@H](CN(C)S(C)(=O)=O)C(C)(C)C)C(C)(C)C. The zero-order valence-electron chi connectivity index (χ0n) is 27.2. The molecular weight excluding hydrogens is 586 g/mol. The van der Waals surface area contributed by atoms with E-state index in [4.69, 9.17) is 0 Å². The molecule has 5 amide bonds. The van der Waals surface area contributed by atoms with Crippen molar-refractivity contribution < 1.29 is 36.4 Å². The van der Waals surface area contributed by atoms with Crippen LogP contribution in [0.15, 0.2) is 0 Å². The number of hydrogen-bond acceptors (Lipinski definition) is 6. The van der Waals surface area contributed by atoms with Crippen LogP contribution in [0, 0.1) is 16.7 Å². The van der Waals surface area contributed by atoms with Gasteiger partial charge in [0.2, 0.25) is 34.2 Å². The largest absolute Gasteiger partial charge is 0.354 e. The van der Waals surface area contributed by atoms with Gasteiger partial charge in [0.05, 0.1) is 6.26 Å². The van der Waals surface area contributed by atoms with Crippen molar-refractivity contribution in [1.82, 2.24) is 30.5 Å². The number of amides is 5. The molecule has 0 aliphatic carbocycles. The minimum absolute atomic E-state index is 0.00276. The number of hydrogen-bond donors (Lipinski definition) is 4. The molecule has 0 aromatic heterocycles. The predicted molar refractivity (Wildman–Crippen MR) is 161 cm³/mol. The zero-order chi connectivity index (χ0) is 33.5. The Kier molecular flexibility index (Phi) is 13.8. The van der Waals surface area contributed by atoms with Gasteiger partial charge in [-0.05, 0) is 29.6 Å². The number of nitrogens with one attached hydrogen (secondary N) is 4. The maximum atomic E-state index is 13.8. The van der Waals surface area contributed by atoms with Crippen LogP contribution >= 0.6 is 0 Å². The highest BCUT2D eigenvalue weighted by atomic mass is 32.2. The van der Waals surface area contributed by atoms with Gasteiger partial charge in [-0.3, -0.25) is 14.4 Å². The predicted octanol–water partition coefficient (Wildman–Crippen LogP) is 1.91. The number of urea groups is 1. The molecule has 1 heterocycles. The summed E-state index contributed by atoms with van der Waals surface area (Å²) in [6.07, 6.45) is -1.91. The quantitative estimate of drug-likeness (QED) is 0.242. The summed E-state index contributed by atoms with van der Waals surface area (Å²) < 4.78 is 51.6. The number of nitrogens with zero attached hydrogens (tertiary/aromatic N) is 2. The normalized spacial score (nSPS) is 18.4. The summed E-state index contributed by atoms with van der Waals surface area (Å²) in [6.45, 7) is 14.9. The molecule has 12 nitrogen and oxygen atoms in total. The summed E-state index contributed by atoms with van der Waals surface area (Å²) in [4.78, 5) is 54.1. The smallest absolute Gasteiger partial charge is 0.315 e. The monoisotopic (exact) mass is 638 g/mol. The molecule has 4 atom stereocenters. The van der Waals surface area contributed by atoms with E-state index in [0.29, 0.717) is 6.42 Å². The Balaban J connectivity index is 3.13. The molecule has 1 fully saturated rings. The molecule has 0 unspecified atom stereocenters. The molecule has 0 bridgehead atoms. The lowest BCUT2D eigenvalue weighted by molar-refractivity contribution is -0.142. The number of sulfonamides is 1. The standard InChI is InChI=1S/C28H52F2N6O6S/c1-17(2)15-31-23(37)18(14-21(29)30)32-24(38)19-12-11-13-36(19)25(39)22(28(6,7)8)34-26(40)33-20(27(3,4)5)16-35(9)43(10,41)42/h17-22H,11-16H2,1-10H3,(H,31,37)(H,32,38)(H2,33,34,40)/t18-,19-,20+,22+/m0/s1. The van der Waals surface area contributed by atoms with Crippen molar-refractivity contribution >= 4 is 33.8 Å². The minimum Gasteiger partial charge on any atom is -0.354 e. The van der Waals surface area contributed by atoms with Crippen LogP contribution in [0.5, 0.6) is 0 Å². The Bertz CT molecular complexity index is 1090. The average molecular weight is 639 g/mol. The second-order valence-corrected chi connectivity index (χ2v) is 16.0. The molecule has 0 radical (unpaired) electrons. The second kappa shape index (κ2) is 15.4. The number of carbonyl (C=O) groups is 4. The first-order valence-corrected chi connectivity index (χ1v) is 16.4. The molecule has 1 aliphatic rings. The fourth-order valence-corrected chi connectivity index (χ4v) is 4.90. The van der Waals surface area contributed by atoms with Gasteiger partial charge >= 0.3 is 6.03 Å². The fraction of sp³-hybridized carbons (Fsp3) is 0.857. The number of likely N-dealkylation sites (N-methyl/N-ethyl adjacent to an activating group) is 1. The average Bonchev–Trinajstić information content (AvgIpc) is 3.32. The molecule has 0 spiro atoms. The molecule has 43 heavy (non-hydrogen) atoms. The van der Waals surface area contributed by atoms with E-state index in [9.17, 15) is 36.4 Å². The highest BCUT2D eigenvalue weighted by Gasteiger charge is 2.43. The van der Waals surface area contributed by atoms with Crippen LogP contribution in [-0.2, 0) is 24.4 Å². The molecule has 0 aromatic rings. The highest BCUT2D eigenvalue weighted by Crippen LogP contribution is 2.27. The van der Waals surface area contributed by atoms with E-state index in [0.717, 1.165) is 10.6 Å². The topological polar surface area (TPSA) is 157 Å². The van der Waals surface area contributed by atoms with E-state index in [1.54, 1.807) is 20.8 Å². The summed E-state index contributed by atoms with van der Waals surface area (Å²) in [7, 11) is -2.10. The van der Waals surface area contributed by atoms with Crippen molar-refractivity contribution in [3.05, 3.63) is 0 Å². The lowest BCUT2D eigenvalue weighted by Crippen LogP contribution is -2.62. The molecular formula is C28H52F2N6O6S. The fourth-order valence-electron chi connectivity index (χ4n) is 4.48. The Morgan fingerprint density at radius 1 is 0.977 bits per heavy atom.